The Bertz CT molecular complexity index is 1310. The molecule has 0 aliphatic carbocycles. The van der Waals surface area contributed by atoms with E-state index < -0.39 is 0 Å². The predicted octanol–water partition coefficient (Wildman–Crippen LogP) is 6.45. The number of hydrogen-bond acceptors (Lipinski definition) is 5. The molecule has 5 rings (SSSR count). The fraction of sp³-hybridized carbons (Fsp3) is 0.452. The minimum absolute atomic E-state index is 0.105. The lowest BCUT2D eigenvalue weighted by Crippen LogP contribution is -2.56. The molecule has 0 atom stereocenters. The summed E-state index contributed by atoms with van der Waals surface area (Å²) in [5, 5.41) is 5.48. The number of rotatable bonds is 6. The van der Waals surface area contributed by atoms with Gasteiger partial charge in [0.2, 0.25) is 0 Å². The number of benzene rings is 2. The molecule has 0 spiro atoms. The summed E-state index contributed by atoms with van der Waals surface area (Å²) in [5.74, 6) is 0.501. The second-order valence-corrected chi connectivity index (χ2v) is 11.7. The van der Waals surface area contributed by atoms with Crippen LogP contribution in [0.25, 0.3) is 10.9 Å². The van der Waals surface area contributed by atoms with Crippen LogP contribution in [0.2, 0.25) is 0 Å². The Morgan fingerprint density at radius 3 is 2.47 bits per heavy atom. The van der Waals surface area contributed by atoms with Gasteiger partial charge in [0.05, 0.1) is 16.8 Å². The molecule has 3 aromatic rings. The van der Waals surface area contributed by atoms with Gasteiger partial charge in [0, 0.05) is 40.6 Å². The SMILES string of the molecule is CCO/N=C(/c1ccc(Br)cc1)C1CCN(C2(C)CCN(C(=O)c3ccnc4cc(C)ccc34)CC2)CC1. The van der Waals surface area contributed by atoms with Crippen LogP contribution >= 0.6 is 15.9 Å². The molecule has 1 aromatic heterocycles. The van der Waals surface area contributed by atoms with Crippen molar-refractivity contribution in [3.05, 3.63) is 75.9 Å². The smallest absolute Gasteiger partial charge is 0.254 e. The zero-order chi connectivity index (χ0) is 26.7. The number of amides is 1. The van der Waals surface area contributed by atoms with Gasteiger partial charge in [-0.1, -0.05) is 45.4 Å². The first-order chi connectivity index (χ1) is 18.4. The lowest BCUT2D eigenvalue weighted by molar-refractivity contribution is 0.0162. The van der Waals surface area contributed by atoms with E-state index in [9.17, 15) is 4.79 Å². The topological polar surface area (TPSA) is 58.0 Å². The predicted molar refractivity (Wildman–Crippen MR) is 157 cm³/mol. The summed E-state index contributed by atoms with van der Waals surface area (Å²) in [6, 6.07) is 16.4. The Labute approximate surface area is 234 Å². The molecular formula is C31H37BrN4O2. The molecule has 2 saturated heterocycles. The monoisotopic (exact) mass is 576 g/mol. The highest BCUT2D eigenvalue weighted by Gasteiger charge is 2.39. The van der Waals surface area contributed by atoms with Crippen LogP contribution in [0.15, 0.2) is 64.4 Å². The molecule has 2 aliphatic rings. The van der Waals surface area contributed by atoms with Crippen LogP contribution in [-0.2, 0) is 4.84 Å². The van der Waals surface area contributed by atoms with Crippen molar-refractivity contribution in [1.29, 1.82) is 0 Å². The van der Waals surface area contributed by atoms with Gasteiger partial charge in [0.1, 0.15) is 6.61 Å². The minimum atomic E-state index is 0.105. The van der Waals surface area contributed by atoms with Crippen molar-refractivity contribution < 1.29 is 9.63 Å². The number of fused-ring (bicyclic) bond motifs is 1. The number of nitrogens with zero attached hydrogens (tertiary/aromatic N) is 4. The van der Waals surface area contributed by atoms with E-state index in [1.807, 2.05) is 30.0 Å². The summed E-state index contributed by atoms with van der Waals surface area (Å²) in [5.41, 5.74) is 5.10. The Morgan fingerprint density at radius 1 is 1.08 bits per heavy atom. The van der Waals surface area contributed by atoms with Crippen molar-refractivity contribution in [2.45, 2.75) is 52.0 Å². The number of halogens is 1. The van der Waals surface area contributed by atoms with Gasteiger partial charge in [-0.15, -0.1) is 0 Å². The number of carbonyl (C=O) groups is 1. The third-order valence-corrected chi connectivity index (χ3v) is 8.86. The summed E-state index contributed by atoms with van der Waals surface area (Å²) < 4.78 is 1.07. The molecule has 2 fully saturated rings. The van der Waals surface area contributed by atoms with Crippen molar-refractivity contribution in [2.75, 3.05) is 32.8 Å². The summed E-state index contributed by atoms with van der Waals surface area (Å²) >= 11 is 3.54. The van der Waals surface area contributed by atoms with Crippen molar-refractivity contribution in [3.63, 3.8) is 0 Å². The molecule has 0 N–H and O–H groups in total. The van der Waals surface area contributed by atoms with Gasteiger partial charge < -0.3 is 9.74 Å². The Kier molecular flexibility index (Phi) is 8.15. The maximum atomic E-state index is 13.5. The van der Waals surface area contributed by atoms with Gasteiger partial charge in [0.15, 0.2) is 0 Å². The third-order valence-electron chi connectivity index (χ3n) is 8.33. The normalized spacial score (nSPS) is 19.1. The number of carbonyl (C=O) groups excluding carboxylic acids is 1. The van der Waals surface area contributed by atoms with E-state index in [0.717, 1.165) is 89.6 Å². The lowest BCUT2D eigenvalue weighted by Gasteiger charge is -2.49. The molecule has 3 heterocycles. The Morgan fingerprint density at radius 2 is 1.79 bits per heavy atom. The number of pyridine rings is 1. The number of hydrogen-bond donors (Lipinski definition) is 0. The van der Waals surface area contributed by atoms with Gasteiger partial charge in [-0.3, -0.25) is 14.7 Å². The average Bonchev–Trinajstić information content (AvgIpc) is 2.94. The van der Waals surface area contributed by atoms with Crippen molar-refractivity contribution in [3.8, 4) is 0 Å². The minimum Gasteiger partial charge on any atom is -0.396 e. The first-order valence-corrected chi connectivity index (χ1v) is 14.5. The van der Waals surface area contributed by atoms with E-state index >= 15 is 0 Å². The molecule has 0 saturated carbocycles. The number of likely N-dealkylation sites (tertiary alicyclic amines) is 2. The van der Waals surface area contributed by atoms with Crippen LogP contribution in [-0.4, -0.2) is 64.7 Å². The lowest BCUT2D eigenvalue weighted by atomic mass is 9.82. The van der Waals surface area contributed by atoms with Crippen LogP contribution < -0.4 is 0 Å². The second kappa shape index (κ2) is 11.5. The van der Waals surface area contributed by atoms with Crippen LogP contribution in [0.1, 0.15) is 61.0 Å². The molecule has 0 unspecified atom stereocenters. The number of piperidine rings is 2. The van der Waals surface area contributed by atoms with E-state index in [0.29, 0.717) is 12.5 Å². The van der Waals surface area contributed by atoms with Crippen LogP contribution in [0.5, 0.6) is 0 Å². The quantitative estimate of drug-likeness (QED) is 0.250. The molecule has 0 bridgehead atoms. The second-order valence-electron chi connectivity index (χ2n) is 10.8. The van der Waals surface area contributed by atoms with Gasteiger partial charge in [-0.2, -0.15) is 0 Å². The molecule has 7 heteroatoms. The molecule has 6 nitrogen and oxygen atoms in total. The van der Waals surface area contributed by atoms with Crippen LogP contribution in [0, 0.1) is 12.8 Å². The summed E-state index contributed by atoms with van der Waals surface area (Å²) in [7, 11) is 0. The van der Waals surface area contributed by atoms with Gasteiger partial charge in [-0.25, -0.2) is 0 Å². The summed E-state index contributed by atoms with van der Waals surface area (Å²) in [4.78, 5) is 28.2. The van der Waals surface area contributed by atoms with E-state index in [2.05, 4.69) is 75.1 Å². The number of aryl methyl sites for hydroxylation is 1. The molecule has 2 aliphatic heterocycles. The number of aromatic nitrogens is 1. The Hall–Kier alpha value is -2.77. The van der Waals surface area contributed by atoms with Crippen LogP contribution in [0.3, 0.4) is 0 Å². The van der Waals surface area contributed by atoms with Crippen LogP contribution in [0.4, 0.5) is 0 Å². The number of oxime groups is 1. The van der Waals surface area contributed by atoms with Crippen molar-refractivity contribution >= 4 is 38.5 Å². The zero-order valence-corrected chi connectivity index (χ0v) is 24.2. The largest absolute Gasteiger partial charge is 0.396 e. The molecule has 38 heavy (non-hydrogen) atoms. The molecule has 2 aromatic carbocycles. The highest BCUT2D eigenvalue weighted by Crippen LogP contribution is 2.34. The Balaban J connectivity index is 1.22. The highest BCUT2D eigenvalue weighted by atomic mass is 79.9. The van der Waals surface area contributed by atoms with Crippen molar-refractivity contribution in [2.24, 2.45) is 11.1 Å². The molecular weight excluding hydrogens is 540 g/mol. The van der Waals surface area contributed by atoms with Crippen molar-refractivity contribution in [1.82, 2.24) is 14.8 Å². The fourth-order valence-corrected chi connectivity index (χ4v) is 6.20. The van der Waals surface area contributed by atoms with E-state index in [1.165, 1.54) is 0 Å². The summed E-state index contributed by atoms with van der Waals surface area (Å²) in [6.07, 6.45) is 5.84. The molecule has 0 radical (unpaired) electrons. The maximum Gasteiger partial charge on any atom is 0.254 e. The van der Waals surface area contributed by atoms with Gasteiger partial charge in [0.25, 0.3) is 5.91 Å². The average molecular weight is 578 g/mol. The standard InChI is InChI=1S/C31H37BrN4O2/c1-4-38-34-29(23-6-8-25(32)9-7-23)24-12-17-36(18-13-24)31(3)14-19-35(20-15-31)30(37)27-11-16-33-28-21-22(2)5-10-26(27)28/h5-11,16,21,24H,4,12-15,17-20H2,1-3H3/b34-29-. The van der Waals surface area contributed by atoms with Gasteiger partial charge >= 0.3 is 0 Å². The summed E-state index contributed by atoms with van der Waals surface area (Å²) in [6.45, 7) is 10.6. The highest BCUT2D eigenvalue weighted by molar-refractivity contribution is 9.10. The zero-order valence-electron chi connectivity index (χ0n) is 22.6. The van der Waals surface area contributed by atoms with Gasteiger partial charge in [-0.05, 0) is 94.9 Å². The third kappa shape index (κ3) is 5.64. The molecule has 1 amide bonds. The fourth-order valence-electron chi connectivity index (χ4n) is 5.93. The maximum absolute atomic E-state index is 13.5. The first-order valence-electron chi connectivity index (χ1n) is 13.7. The molecule has 200 valence electrons. The first kappa shape index (κ1) is 26.8. The van der Waals surface area contributed by atoms with E-state index in [4.69, 9.17) is 4.84 Å². The van der Waals surface area contributed by atoms with E-state index in [-0.39, 0.29) is 11.4 Å². The van der Waals surface area contributed by atoms with E-state index in [1.54, 1.807) is 6.20 Å².